The zero-order valence-corrected chi connectivity index (χ0v) is 21.2. The third-order valence-corrected chi connectivity index (χ3v) is 5.74. The fourth-order valence-corrected chi connectivity index (χ4v) is 4.04. The molecule has 0 nitrogen and oxygen atoms in total. The Kier molecular flexibility index (Phi) is 11.5. The summed E-state index contributed by atoms with van der Waals surface area (Å²) < 4.78 is 13.6. The predicted molar refractivity (Wildman–Crippen MR) is 136 cm³/mol. The maximum Gasteiger partial charge on any atom is 0.123 e. The fourth-order valence-electron chi connectivity index (χ4n) is 4.04. The molecule has 2 rings (SSSR count). The van der Waals surface area contributed by atoms with Gasteiger partial charge in [-0.2, -0.15) is 0 Å². The second kappa shape index (κ2) is 13.3. The number of halogens is 1. The predicted octanol–water partition coefficient (Wildman–Crippen LogP) is 9.80. The van der Waals surface area contributed by atoms with Gasteiger partial charge >= 0.3 is 0 Å². The zero-order valence-electron chi connectivity index (χ0n) is 21.2. The summed E-state index contributed by atoms with van der Waals surface area (Å²) in [6.45, 7) is 19.5. The molecule has 0 bridgehead atoms. The molecule has 2 aromatic rings. The van der Waals surface area contributed by atoms with Crippen LogP contribution in [0.5, 0.6) is 0 Å². The topological polar surface area (TPSA) is 0 Å². The molecular weight excluding hydrogens is 379 g/mol. The number of rotatable bonds is 8. The van der Waals surface area contributed by atoms with Crippen molar-refractivity contribution in [1.29, 1.82) is 0 Å². The number of allylic oxidation sites excluding steroid dienone is 4. The van der Waals surface area contributed by atoms with Gasteiger partial charge in [0.1, 0.15) is 5.82 Å². The molecule has 2 aromatic carbocycles. The van der Waals surface area contributed by atoms with Gasteiger partial charge in [-0.05, 0) is 66.8 Å². The van der Waals surface area contributed by atoms with Gasteiger partial charge in [-0.25, -0.2) is 4.39 Å². The summed E-state index contributed by atoms with van der Waals surface area (Å²) in [5, 5.41) is 0. The highest BCUT2D eigenvalue weighted by Gasteiger charge is 2.28. The standard InChI is InChI=1S/C28H37F.C2H6/c1-8-26(23-14-16-25(29)17-15-23)28(27(21(6)7)18-9-19(2)3)24-12-10-22(11-13-24)20(4)5;1-2/h9-18,20-21,26,28H,8H2,1-7H3;1-2H3/b27-18+;. The number of hydrogen-bond acceptors (Lipinski definition) is 0. The van der Waals surface area contributed by atoms with E-state index in [9.17, 15) is 4.39 Å². The highest BCUT2D eigenvalue weighted by molar-refractivity contribution is 5.40. The Hall–Kier alpha value is -2.15. The van der Waals surface area contributed by atoms with Crippen LogP contribution in [0.15, 0.2) is 71.8 Å². The van der Waals surface area contributed by atoms with Crippen molar-refractivity contribution in [3.05, 3.63) is 94.3 Å². The lowest BCUT2D eigenvalue weighted by Gasteiger charge is -2.32. The van der Waals surface area contributed by atoms with Crippen molar-refractivity contribution in [3.63, 3.8) is 0 Å². The molecule has 0 amide bonds. The first-order valence-corrected chi connectivity index (χ1v) is 11.9. The summed E-state index contributed by atoms with van der Waals surface area (Å²) in [5.74, 6) is 1.34. The molecule has 0 saturated carbocycles. The van der Waals surface area contributed by atoms with Gasteiger partial charge in [0, 0.05) is 5.92 Å². The van der Waals surface area contributed by atoms with Crippen molar-refractivity contribution in [2.75, 3.05) is 0 Å². The largest absolute Gasteiger partial charge is 0.207 e. The molecule has 0 N–H and O–H groups in total. The smallest absolute Gasteiger partial charge is 0.123 e. The van der Waals surface area contributed by atoms with Gasteiger partial charge in [-0.3, -0.25) is 0 Å². The molecule has 1 heteroatoms. The Balaban J connectivity index is 0.00000233. The van der Waals surface area contributed by atoms with Crippen molar-refractivity contribution < 1.29 is 4.39 Å². The molecule has 0 heterocycles. The van der Waals surface area contributed by atoms with Crippen molar-refractivity contribution in [1.82, 2.24) is 0 Å². The van der Waals surface area contributed by atoms with Crippen molar-refractivity contribution in [3.8, 4) is 0 Å². The van der Waals surface area contributed by atoms with Crippen LogP contribution in [0.25, 0.3) is 0 Å². The number of hydrogen-bond donors (Lipinski definition) is 0. The molecule has 0 aliphatic heterocycles. The van der Waals surface area contributed by atoms with E-state index in [4.69, 9.17) is 0 Å². The first-order chi connectivity index (χ1) is 14.7. The third kappa shape index (κ3) is 7.80. The Morgan fingerprint density at radius 2 is 1.26 bits per heavy atom. The molecule has 0 aliphatic carbocycles. The SMILES string of the molecule is CC.CCC(c1ccc(F)cc1)C(/C(=C/C=C(C)C)C(C)C)c1ccc(C(C)C)cc1. The van der Waals surface area contributed by atoms with E-state index in [1.165, 1.54) is 27.8 Å². The van der Waals surface area contributed by atoms with E-state index in [0.717, 1.165) is 6.42 Å². The van der Waals surface area contributed by atoms with Crippen LogP contribution in [0.4, 0.5) is 4.39 Å². The summed E-state index contributed by atoms with van der Waals surface area (Å²) in [6.07, 6.45) is 5.54. The van der Waals surface area contributed by atoms with Crippen LogP contribution in [-0.4, -0.2) is 0 Å². The highest BCUT2D eigenvalue weighted by atomic mass is 19.1. The number of benzene rings is 2. The Labute approximate surface area is 191 Å². The van der Waals surface area contributed by atoms with Gasteiger partial charge < -0.3 is 0 Å². The van der Waals surface area contributed by atoms with Crippen molar-refractivity contribution in [2.45, 2.75) is 86.5 Å². The zero-order chi connectivity index (χ0) is 23.6. The maximum absolute atomic E-state index is 13.6. The fraction of sp³-hybridized carbons (Fsp3) is 0.467. The first kappa shape index (κ1) is 26.9. The van der Waals surface area contributed by atoms with Crippen LogP contribution < -0.4 is 0 Å². The average Bonchev–Trinajstić information content (AvgIpc) is 2.75. The lowest BCUT2D eigenvalue weighted by Crippen LogP contribution is -2.17. The van der Waals surface area contributed by atoms with E-state index < -0.39 is 0 Å². The van der Waals surface area contributed by atoms with E-state index in [1.54, 1.807) is 12.1 Å². The second-order valence-electron chi connectivity index (χ2n) is 8.93. The van der Waals surface area contributed by atoms with E-state index >= 15 is 0 Å². The minimum atomic E-state index is -0.175. The van der Waals surface area contributed by atoms with Crippen LogP contribution in [0, 0.1) is 11.7 Å². The lowest BCUT2D eigenvalue weighted by atomic mass is 9.72. The molecular formula is C30H43F. The second-order valence-corrected chi connectivity index (χ2v) is 8.93. The monoisotopic (exact) mass is 422 g/mol. The summed E-state index contributed by atoms with van der Waals surface area (Å²) in [4.78, 5) is 0. The van der Waals surface area contributed by atoms with Crippen molar-refractivity contribution in [2.24, 2.45) is 5.92 Å². The summed E-state index contributed by atoms with van der Waals surface area (Å²) in [5.41, 5.74) is 6.64. The summed E-state index contributed by atoms with van der Waals surface area (Å²) in [6, 6.07) is 16.2. The van der Waals surface area contributed by atoms with Crippen LogP contribution in [0.1, 0.15) is 103 Å². The molecule has 0 aromatic heterocycles. The molecule has 0 aliphatic rings. The normalized spacial score (nSPS) is 13.5. The van der Waals surface area contributed by atoms with E-state index in [1.807, 2.05) is 26.0 Å². The minimum Gasteiger partial charge on any atom is -0.207 e. The van der Waals surface area contributed by atoms with Gasteiger partial charge in [0.15, 0.2) is 0 Å². The maximum atomic E-state index is 13.6. The van der Waals surface area contributed by atoms with Crippen LogP contribution in [0.2, 0.25) is 0 Å². The molecule has 0 fully saturated rings. The Morgan fingerprint density at radius 1 is 0.774 bits per heavy atom. The summed E-state index contributed by atoms with van der Waals surface area (Å²) >= 11 is 0. The van der Waals surface area contributed by atoms with E-state index in [0.29, 0.717) is 17.8 Å². The van der Waals surface area contributed by atoms with Gasteiger partial charge in [-0.15, -0.1) is 0 Å². The molecule has 0 spiro atoms. The van der Waals surface area contributed by atoms with Crippen LogP contribution >= 0.6 is 0 Å². The molecule has 0 radical (unpaired) electrons. The van der Waals surface area contributed by atoms with Gasteiger partial charge in [0.25, 0.3) is 0 Å². The van der Waals surface area contributed by atoms with E-state index in [-0.39, 0.29) is 11.7 Å². The molecule has 0 saturated heterocycles. The van der Waals surface area contributed by atoms with Crippen LogP contribution in [-0.2, 0) is 0 Å². The van der Waals surface area contributed by atoms with E-state index in [2.05, 4.69) is 84.9 Å². The van der Waals surface area contributed by atoms with Crippen LogP contribution in [0.3, 0.4) is 0 Å². The van der Waals surface area contributed by atoms with Gasteiger partial charge in [0.05, 0.1) is 0 Å². The lowest BCUT2D eigenvalue weighted by molar-refractivity contribution is 0.531. The quantitative estimate of drug-likeness (QED) is 0.371. The van der Waals surface area contributed by atoms with Gasteiger partial charge in [-0.1, -0.05) is 108 Å². The Morgan fingerprint density at radius 3 is 1.68 bits per heavy atom. The molecule has 31 heavy (non-hydrogen) atoms. The molecule has 2 atom stereocenters. The third-order valence-electron chi connectivity index (χ3n) is 5.74. The van der Waals surface area contributed by atoms with Gasteiger partial charge in [0.2, 0.25) is 0 Å². The molecule has 2 unspecified atom stereocenters. The first-order valence-electron chi connectivity index (χ1n) is 11.9. The molecule has 170 valence electrons. The van der Waals surface area contributed by atoms with Crippen molar-refractivity contribution >= 4 is 0 Å². The average molecular weight is 423 g/mol. The summed E-state index contributed by atoms with van der Waals surface area (Å²) in [7, 11) is 0. The minimum absolute atomic E-state index is 0.175. The Bertz CT molecular complexity index is 816. The highest BCUT2D eigenvalue weighted by Crippen LogP contribution is 2.43.